The van der Waals surface area contributed by atoms with Gasteiger partial charge in [-0.2, -0.15) is 0 Å². The first-order valence-electron chi connectivity index (χ1n) is 14.5. The minimum Gasteiger partial charge on any atom is -0.484 e. The number of nitrogens with one attached hydrogen (secondary N) is 1. The fraction of sp³-hybridized carbons (Fsp3) is 0.200. The molecule has 45 heavy (non-hydrogen) atoms. The zero-order valence-electron chi connectivity index (χ0n) is 24.3. The Kier molecular flexibility index (Phi) is 8.53. The molecule has 3 N–H and O–H groups in total. The molecule has 2 heterocycles. The molecule has 0 aliphatic carbocycles. The van der Waals surface area contributed by atoms with Crippen LogP contribution in [-0.4, -0.2) is 53.1 Å². The fourth-order valence-corrected chi connectivity index (χ4v) is 6.02. The Morgan fingerprint density at radius 1 is 0.956 bits per heavy atom. The normalized spacial score (nSPS) is 18.8. The van der Waals surface area contributed by atoms with Gasteiger partial charge in [0, 0.05) is 29.1 Å². The number of carbonyl (C=O) groups excluding carboxylic acids is 3. The average Bonchev–Trinajstić information content (AvgIpc) is 3.66. The third-order valence-electron chi connectivity index (χ3n) is 8.03. The Bertz CT molecular complexity index is 1690. The van der Waals surface area contributed by atoms with Gasteiger partial charge in [0.25, 0.3) is 5.91 Å². The van der Waals surface area contributed by atoms with E-state index in [1.165, 1.54) is 0 Å². The zero-order valence-corrected chi connectivity index (χ0v) is 25.0. The second-order valence-electron chi connectivity index (χ2n) is 11.2. The predicted octanol–water partition coefficient (Wildman–Crippen LogP) is 5.14. The van der Waals surface area contributed by atoms with Crippen molar-refractivity contribution in [1.82, 2.24) is 4.90 Å². The van der Waals surface area contributed by atoms with E-state index in [1.807, 2.05) is 66.7 Å². The molecule has 9 nitrogen and oxygen atoms in total. The second-order valence-corrected chi connectivity index (χ2v) is 11.6. The molecule has 2 atom stereocenters. The van der Waals surface area contributed by atoms with Crippen LogP contribution in [0.4, 0.5) is 5.69 Å². The van der Waals surface area contributed by atoms with Crippen molar-refractivity contribution >= 4 is 40.7 Å². The van der Waals surface area contributed by atoms with Crippen molar-refractivity contribution in [2.24, 2.45) is 10.9 Å². The number of primary amides is 1. The van der Waals surface area contributed by atoms with Gasteiger partial charge in [-0.3, -0.25) is 14.4 Å². The summed E-state index contributed by atoms with van der Waals surface area (Å²) in [5.41, 5.74) is 8.53. The molecule has 1 fully saturated rings. The summed E-state index contributed by atoms with van der Waals surface area (Å²) in [4.78, 5) is 47.0. The number of hydrogen-bond acceptors (Lipinski definition) is 6. The van der Waals surface area contributed by atoms with Crippen LogP contribution < -0.4 is 15.8 Å². The summed E-state index contributed by atoms with van der Waals surface area (Å²) in [6.07, 6.45) is 0.578. The molecule has 6 rings (SSSR count). The van der Waals surface area contributed by atoms with Crippen molar-refractivity contribution in [3.8, 4) is 5.75 Å². The van der Waals surface area contributed by atoms with Crippen molar-refractivity contribution in [3.63, 3.8) is 0 Å². The molecular formula is C35H31ClN4O5. The van der Waals surface area contributed by atoms with Crippen LogP contribution in [0.25, 0.3) is 0 Å². The number of halogens is 1. The predicted molar refractivity (Wildman–Crippen MR) is 171 cm³/mol. The third-order valence-corrected chi connectivity index (χ3v) is 8.28. The Balaban J connectivity index is 1.16. The molecule has 4 aromatic carbocycles. The van der Waals surface area contributed by atoms with Crippen molar-refractivity contribution in [3.05, 3.63) is 131 Å². The summed E-state index contributed by atoms with van der Waals surface area (Å²) < 4.78 is 5.54. The number of nitrogens with two attached hydrogens (primary N) is 1. The molecule has 4 aromatic rings. The smallest absolute Gasteiger partial charge is 0.262 e. The number of likely N-dealkylation sites (tertiary alicyclic amines) is 1. The lowest BCUT2D eigenvalue weighted by Gasteiger charge is -2.28. The Hall–Kier alpha value is -5.15. The number of hydrogen-bond donors (Lipinski definition) is 2. The quantitative estimate of drug-likeness (QED) is 0.268. The van der Waals surface area contributed by atoms with E-state index in [-0.39, 0.29) is 31.4 Å². The number of amides is 3. The zero-order chi connectivity index (χ0) is 31.4. The Morgan fingerprint density at radius 2 is 1.62 bits per heavy atom. The largest absolute Gasteiger partial charge is 0.484 e. The van der Waals surface area contributed by atoms with Crippen LogP contribution >= 0.6 is 11.6 Å². The minimum absolute atomic E-state index is 0.154. The summed E-state index contributed by atoms with van der Waals surface area (Å²) in [6.45, 7) is -0.0224. The lowest BCUT2D eigenvalue weighted by Crippen LogP contribution is -2.46. The van der Waals surface area contributed by atoms with Gasteiger partial charge in [-0.05, 0) is 47.5 Å². The highest BCUT2D eigenvalue weighted by atomic mass is 35.5. The highest BCUT2D eigenvalue weighted by molar-refractivity contribution is 6.30. The summed E-state index contributed by atoms with van der Waals surface area (Å²) in [7, 11) is 0. The number of oxime groups is 1. The van der Waals surface area contributed by atoms with Gasteiger partial charge in [-0.15, -0.1) is 0 Å². The van der Waals surface area contributed by atoms with Crippen molar-refractivity contribution in [1.29, 1.82) is 0 Å². The maximum absolute atomic E-state index is 14.2. The first kappa shape index (κ1) is 29.9. The van der Waals surface area contributed by atoms with Crippen LogP contribution in [0.5, 0.6) is 5.75 Å². The van der Waals surface area contributed by atoms with Gasteiger partial charge in [0.1, 0.15) is 11.8 Å². The molecule has 0 radical (unpaired) electrons. The van der Waals surface area contributed by atoms with Crippen LogP contribution in [0.15, 0.2) is 114 Å². The van der Waals surface area contributed by atoms with Gasteiger partial charge in [0.2, 0.25) is 11.8 Å². The van der Waals surface area contributed by atoms with E-state index in [9.17, 15) is 14.4 Å². The highest BCUT2D eigenvalue weighted by Gasteiger charge is 2.54. The average molecular weight is 623 g/mol. The molecule has 1 spiro atoms. The van der Waals surface area contributed by atoms with E-state index in [0.29, 0.717) is 28.6 Å². The minimum atomic E-state index is -0.908. The number of nitrogens with zero attached hydrogens (tertiary/aromatic N) is 2. The number of rotatable bonds is 9. The standard InChI is InChI=1S/C35H31ClN4O5/c36-26-14-16-28(17-15-26)44-21-31(41)38-27-13-7-12-25(18-27)29-19-35(45-39-29)20-30(33(37)42)40(22-35)34(43)32(23-8-3-1-4-9-23)24-10-5-2-6-11-24/h1-18,30,32H,19-22H2,(H2,37,42)(H,38,41)/t30-,35?/m1/s1. The number of carbonyl (C=O) groups is 3. The van der Waals surface area contributed by atoms with E-state index in [0.717, 1.165) is 16.7 Å². The molecule has 228 valence electrons. The van der Waals surface area contributed by atoms with Crippen LogP contribution in [0.2, 0.25) is 5.02 Å². The van der Waals surface area contributed by atoms with Crippen LogP contribution in [-0.2, 0) is 19.2 Å². The van der Waals surface area contributed by atoms with E-state index in [2.05, 4.69) is 10.5 Å². The number of ether oxygens (including phenoxy) is 1. The van der Waals surface area contributed by atoms with E-state index >= 15 is 0 Å². The van der Waals surface area contributed by atoms with Gasteiger partial charge >= 0.3 is 0 Å². The second kappa shape index (κ2) is 12.8. The van der Waals surface area contributed by atoms with E-state index in [4.69, 9.17) is 26.9 Å². The summed E-state index contributed by atoms with van der Waals surface area (Å²) >= 11 is 5.90. The van der Waals surface area contributed by atoms with Crippen LogP contribution in [0.3, 0.4) is 0 Å². The van der Waals surface area contributed by atoms with Crippen LogP contribution in [0.1, 0.15) is 35.4 Å². The van der Waals surface area contributed by atoms with Gasteiger partial charge < -0.3 is 25.5 Å². The highest BCUT2D eigenvalue weighted by Crippen LogP contribution is 2.41. The Labute approximate surface area is 265 Å². The summed E-state index contributed by atoms with van der Waals surface area (Å²) in [5, 5.41) is 7.79. The summed E-state index contributed by atoms with van der Waals surface area (Å²) in [5.74, 6) is -1.24. The first-order chi connectivity index (χ1) is 21.8. The monoisotopic (exact) mass is 622 g/mol. The molecule has 1 unspecified atom stereocenters. The molecule has 3 amide bonds. The Morgan fingerprint density at radius 3 is 2.27 bits per heavy atom. The molecule has 1 saturated heterocycles. The van der Waals surface area contributed by atoms with Crippen molar-refractivity contribution in [2.75, 3.05) is 18.5 Å². The van der Waals surface area contributed by atoms with Crippen LogP contribution in [0, 0.1) is 0 Å². The molecule has 2 aliphatic rings. The van der Waals surface area contributed by atoms with Gasteiger partial charge in [-0.1, -0.05) is 89.6 Å². The molecule has 0 aromatic heterocycles. The van der Waals surface area contributed by atoms with Crippen molar-refractivity contribution < 1.29 is 24.0 Å². The molecule has 0 bridgehead atoms. The maximum Gasteiger partial charge on any atom is 0.262 e. The molecule has 0 saturated carbocycles. The molecule has 2 aliphatic heterocycles. The van der Waals surface area contributed by atoms with Crippen molar-refractivity contribution in [2.45, 2.75) is 30.4 Å². The van der Waals surface area contributed by atoms with E-state index in [1.54, 1.807) is 47.4 Å². The number of benzene rings is 4. The fourth-order valence-electron chi connectivity index (χ4n) is 5.89. The van der Waals surface area contributed by atoms with Gasteiger partial charge in [0.05, 0.1) is 18.2 Å². The lowest BCUT2D eigenvalue weighted by atomic mass is 9.89. The lowest BCUT2D eigenvalue weighted by molar-refractivity contribution is -0.138. The molecular weight excluding hydrogens is 592 g/mol. The molecule has 10 heteroatoms. The summed E-state index contributed by atoms with van der Waals surface area (Å²) in [6, 6.07) is 32.1. The third kappa shape index (κ3) is 6.68. The maximum atomic E-state index is 14.2. The number of anilines is 1. The van der Waals surface area contributed by atoms with Gasteiger partial charge in [0.15, 0.2) is 12.2 Å². The first-order valence-corrected chi connectivity index (χ1v) is 14.9. The van der Waals surface area contributed by atoms with E-state index < -0.39 is 23.5 Å². The topological polar surface area (TPSA) is 123 Å². The van der Waals surface area contributed by atoms with Gasteiger partial charge in [-0.25, -0.2) is 0 Å². The SMILES string of the molecule is NC(=O)[C@H]1CC2(CC(c3cccc(NC(=O)COc4ccc(Cl)cc4)c3)=NO2)CN1C(=O)C(c1ccccc1)c1ccccc1.